The lowest BCUT2D eigenvalue weighted by Crippen LogP contribution is -2.33. The van der Waals surface area contributed by atoms with E-state index in [-0.39, 0.29) is 0 Å². The Bertz CT molecular complexity index is 586. The lowest BCUT2D eigenvalue weighted by Gasteiger charge is -2.28. The second-order valence-corrected chi connectivity index (χ2v) is 6.59. The van der Waals surface area contributed by atoms with Crippen molar-refractivity contribution < 1.29 is 0 Å². The van der Waals surface area contributed by atoms with Crippen LogP contribution in [0.3, 0.4) is 0 Å². The zero-order valence-electron chi connectivity index (χ0n) is 12.9. The summed E-state index contributed by atoms with van der Waals surface area (Å²) >= 11 is 2.01. The van der Waals surface area contributed by atoms with E-state index >= 15 is 0 Å². The smallest absolute Gasteiger partial charge is 0.134 e. The fraction of sp³-hybridized carbons (Fsp3) is 0.438. The van der Waals surface area contributed by atoms with Gasteiger partial charge in [0.25, 0.3) is 0 Å². The topological polar surface area (TPSA) is 45.2 Å². The van der Waals surface area contributed by atoms with Gasteiger partial charge in [-0.3, -0.25) is 4.98 Å². The highest BCUT2D eigenvalue weighted by Crippen LogP contribution is 2.20. The summed E-state index contributed by atoms with van der Waals surface area (Å²) < 4.78 is 0. The van der Waals surface area contributed by atoms with Crippen LogP contribution in [0.1, 0.15) is 5.56 Å². The molecule has 0 unspecified atom stereocenters. The van der Waals surface area contributed by atoms with E-state index in [1.165, 1.54) is 17.1 Å². The molecule has 5 nitrogen and oxygen atoms in total. The predicted molar refractivity (Wildman–Crippen MR) is 92.8 cm³/mol. The fourth-order valence-corrected chi connectivity index (χ4v) is 3.38. The molecular formula is C16H21N5S. The summed E-state index contributed by atoms with van der Waals surface area (Å²) in [5.74, 6) is 4.38. The number of anilines is 2. The molecule has 2 aromatic rings. The van der Waals surface area contributed by atoms with Gasteiger partial charge in [0.1, 0.15) is 18.0 Å². The quantitative estimate of drug-likeness (QED) is 0.842. The molecule has 0 N–H and O–H groups in total. The molecule has 0 atom stereocenters. The summed E-state index contributed by atoms with van der Waals surface area (Å²) in [5, 5.41) is 0. The number of hydrogen-bond acceptors (Lipinski definition) is 6. The van der Waals surface area contributed by atoms with Crippen LogP contribution in [0.2, 0.25) is 0 Å². The van der Waals surface area contributed by atoms with Crippen molar-refractivity contribution in [2.24, 2.45) is 0 Å². The highest BCUT2D eigenvalue weighted by Gasteiger charge is 2.14. The van der Waals surface area contributed by atoms with Crippen molar-refractivity contribution in [1.29, 1.82) is 0 Å². The summed E-state index contributed by atoms with van der Waals surface area (Å²) in [6.45, 7) is 3.07. The SMILES string of the molecule is CN(CCc1ccncc1)c1cc(N2CCSCC2)ncn1. The molecular weight excluding hydrogens is 294 g/mol. The lowest BCUT2D eigenvalue weighted by molar-refractivity contribution is 0.821. The van der Waals surface area contributed by atoms with Crippen LogP contribution in [-0.2, 0) is 6.42 Å². The van der Waals surface area contributed by atoms with Gasteiger partial charge in [-0.1, -0.05) is 0 Å². The van der Waals surface area contributed by atoms with Gasteiger partial charge in [0, 0.05) is 56.6 Å². The Hall–Kier alpha value is -1.82. The summed E-state index contributed by atoms with van der Waals surface area (Å²) in [6, 6.07) is 6.22. The van der Waals surface area contributed by atoms with Crippen molar-refractivity contribution in [3.63, 3.8) is 0 Å². The first kappa shape index (κ1) is 15.1. The molecule has 1 aliphatic rings. The number of thioether (sulfide) groups is 1. The maximum Gasteiger partial charge on any atom is 0.134 e. The Labute approximate surface area is 135 Å². The van der Waals surface area contributed by atoms with Crippen LogP contribution >= 0.6 is 11.8 Å². The zero-order valence-corrected chi connectivity index (χ0v) is 13.7. The van der Waals surface area contributed by atoms with Crippen LogP contribution in [0.5, 0.6) is 0 Å². The van der Waals surface area contributed by atoms with E-state index in [0.717, 1.165) is 37.7 Å². The minimum Gasteiger partial charge on any atom is -0.359 e. The van der Waals surface area contributed by atoms with Gasteiger partial charge in [0.15, 0.2) is 0 Å². The minimum absolute atomic E-state index is 0.927. The third kappa shape index (κ3) is 3.88. The van der Waals surface area contributed by atoms with Crippen LogP contribution in [0.4, 0.5) is 11.6 Å². The number of nitrogens with zero attached hydrogens (tertiary/aromatic N) is 5. The van der Waals surface area contributed by atoms with E-state index in [1.807, 2.05) is 24.2 Å². The maximum absolute atomic E-state index is 4.43. The van der Waals surface area contributed by atoms with E-state index in [0.29, 0.717) is 0 Å². The van der Waals surface area contributed by atoms with Crippen molar-refractivity contribution in [2.45, 2.75) is 6.42 Å². The van der Waals surface area contributed by atoms with Crippen molar-refractivity contribution in [2.75, 3.05) is 48.0 Å². The molecule has 1 saturated heterocycles. The van der Waals surface area contributed by atoms with E-state index in [2.05, 4.69) is 50.0 Å². The Morgan fingerprint density at radius 2 is 1.95 bits per heavy atom. The molecule has 0 saturated carbocycles. The molecule has 1 fully saturated rings. The molecule has 6 heteroatoms. The molecule has 0 spiro atoms. The van der Waals surface area contributed by atoms with Gasteiger partial charge in [-0.15, -0.1) is 0 Å². The largest absolute Gasteiger partial charge is 0.359 e. The van der Waals surface area contributed by atoms with E-state index in [1.54, 1.807) is 6.33 Å². The van der Waals surface area contributed by atoms with Gasteiger partial charge in [0.2, 0.25) is 0 Å². The molecule has 0 radical (unpaired) electrons. The van der Waals surface area contributed by atoms with Crippen molar-refractivity contribution in [1.82, 2.24) is 15.0 Å². The molecule has 0 aliphatic carbocycles. The molecule has 3 rings (SSSR count). The van der Waals surface area contributed by atoms with E-state index in [9.17, 15) is 0 Å². The molecule has 2 aromatic heterocycles. The summed E-state index contributed by atoms with van der Waals surface area (Å²) in [5.41, 5.74) is 1.30. The van der Waals surface area contributed by atoms with Crippen LogP contribution < -0.4 is 9.80 Å². The van der Waals surface area contributed by atoms with Crippen LogP contribution in [0.15, 0.2) is 36.9 Å². The van der Waals surface area contributed by atoms with Crippen molar-refractivity contribution in [3.05, 3.63) is 42.5 Å². The maximum atomic E-state index is 4.43. The average molecular weight is 315 g/mol. The van der Waals surface area contributed by atoms with Gasteiger partial charge < -0.3 is 9.80 Å². The highest BCUT2D eigenvalue weighted by atomic mass is 32.2. The summed E-state index contributed by atoms with van der Waals surface area (Å²) in [6.07, 6.45) is 6.34. The fourth-order valence-electron chi connectivity index (χ4n) is 2.47. The molecule has 0 bridgehead atoms. The highest BCUT2D eigenvalue weighted by molar-refractivity contribution is 7.99. The number of pyridine rings is 1. The lowest BCUT2D eigenvalue weighted by atomic mass is 10.2. The molecule has 0 aromatic carbocycles. The normalized spacial score (nSPS) is 14.9. The van der Waals surface area contributed by atoms with Gasteiger partial charge in [-0.25, -0.2) is 9.97 Å². The number of likely N-dealkylation sites (N-methyl/N-ethyl adjacent to an activating group) is 1. The first-order chi connectivity index (χ1) is 10.8. The third-order valence-electron chi connectivity index (χ3n) is 3.85. The zero-order chi connectivity index (χ0) is 15.2. The molecule has 116 valence electrons. The average Bonchev–Trinajstić information content (AvgIpc) is 2.61. The van der Waals surface area contributed by atoms with Gasteiger partial charge in [-0.2, -0.15) is 11.8 Å². The first-order valence-corrected chi connectivity index (χ1v) is 8.73. The number of rotatable bonds is 5. The monoisotopic (exact) mass is 315 g/mol. The van der Waals surface area contributed by atoms with Crippen LogP contribution in [-0.4, -0.2) is 53.1 Å². The number of aromatic nitrogens is 3. The Morgan fingerprint density at radius 3 is 2.73 bits per heavy atom. The molecule has 0 amide bonds. The van der Waals surface area contributed by atoms with Gasteiger partial charge in [-0.05, 0) is 24.1 Å². The summed E-state index contributed by atoms with van der Waals surface area (Å²) in [4.78, 5) is 17.4. The van der Waals surface area contributed by atoms with Crippen LogP contribution in [0, 0.1) is 0 Å². The Kier molecular flexibility index (Phi) is 5.11. The van der Waals surface area contributed by atoms with Gasteiger partial charge in [0.05, 0.1) is 0 Å². The standard InChI is InChI=1S/C16H21N5S/c1-20(7-4-14-2-5-17-6-3-14)15-12-16(19-13-18-15)21-8-10-22-11-9-21/h2-3,5-6,12-13H,4,7-11H2,1H3. The van der Waals surface area contributed by atoms with E-state index in [4.69, 9.17) is 0 Å². The van der Waals surface area contributed by atoms with Crippen molar-refractivity contribution >= 4 is 23.4 Å². The first-order valence-electron chi connectivity index (χ1n) is 7.58. The minimum atomic E-state index is 0.927. The predicted octanol–water partition coefficient (Wildman–Crippen LogP) is 2.10. The molecule has 3 heterocycles. The molecule has 22 heavy (non-hydrogen) atoms. The Balaban J connectivity index is 1.63. The number of hydrogen-bond donors (Lipinski definition) is 0. The van der Waals surface area contributed by atoms with Crippen LogP contribution in [0.25, 0.3) is 0 Å². The van der Waals surface area contributed by atoms with Gasteiger partial charge >= 0.3 is 0 Å². The summed E-state index contributed by atoms with van der Waals surface area (Å²) in [7, 11) is 2.08. The third-order valence-corrected chi connectivity index (χ3v) is 4.79. The molecule has 1 aliphatic heterocycles. The van der Waals surface area contributed by atoms with E-state index < -0.39 is 0 Å². The second kappa shape index (κ2) is 7.45. The Morgan fingerprint density at radius 1 is 1.18 bits per heavy atom. The van der Waals surface area contributed by atoms with Crippen molar-refractivity contribution in [3.8, 4) is 0 Å². The second-order valence-electron chi connectivity index (χ2n) is 5.36.